The molecule has 93 heavy (non-hydrogen) atoms. The van der Waals surface area contributed by atoms with Crippen LogP contribution in [0.25, 0.3) is 0 Å². The largest absolute Gasteiger partial charge is 0.472 e. The second kappa shape index (κ2) is 86.3. The summed E-state index contributed by atoms with van der Waals surface area (Å²) in [5.74, 6) is 2.19. The van der Waals surface area contributed by atoms with E-state index in [1.54, 1.807) is 90.1 Å². The van der Waals surface area contributed by atoms with Gasteiger partial charge in [0.1, 0.15) is 39.8 Å². The van der Waals surface area contributed by atoms with Crippen LogP contribution < -0.4 is 0 Å². The summed E-state index contributed by atoms with van der Waals surface area (Å²) in [5.41, 5.74) is 9.97. The lowest BCUT2D eigenvalue weighted by Gasteiger charge is -1.79. The van der Waals surface area contributed by atoms with Gasteiger partial charge in [0.15, 0.2) is 12.2 Å². The van der Waals surface area contributed by atoms with Crippen molar-refractivity contribution in [2.75, 3.05) is 0 Å². The molecule has 0 aliphatic carbocycles. The molecular weight excluding hydrogens is 1240 g/mol. The first-order chi connectivity index (χ1) is 44.9. The summed E-state index contributed by atoms with van der Waals surface area (Å²) in [4.78, 5) is 22.1. The van der Waals surface area contributed by atoms with Gasteiger partial charge in [0.25, 0.3) is 0 Å². The third kappa shape index (κ3) is 84.2. The fourth-order valence-corrected chi connectivity index (χ4v) is 6.42. The molecule has 3 N–H and O–H groups in total. The second-order valence-corrected chi connectivity index (χ2v) is 19.1. The van der Waals surface area contributed by atoms with Crippen molar-refractivity contribution in [3.05, 3.63) is 211 Å². The van der Waals surface area contributed by atoms with Crippen LogP contribution in [0.2, 0.25) is 0 Å². The number of nitrogens with zero attached hydrogens (tertiary/aromatic N) is 14. The molecule has 12 rings (SSSR count). The Hall–Kier alpha value is -7.80. The van der Waals surface area contributed by atoms with Gasteiger partial charge < -0.3 is 22.9 Å². The highest BCUT2D eigenvalue weighted by atomic mass is 32.1. The molecule has 0 aromatic carbocycles. The summed E-state index contributed by atoms with van der Waals surface area (Å²) < 4.78 is 21.5. The van der Waals surface area contributed by atoms with Crippen LogP contribution >= 0.6 is 45.5 Å². The normalized spacial score (nSPS) is 7.84. The Labute approximate surface area is 579 Å². The lowest BCUT2D eigenvalue weighted by molar-refractivity contribution is 0.389. The van der Waals surface area contributed by atoms with Crippen molar-refractivity contribution in [3.8, 4) is 0 Å². The van der Waals surface area contributed by atoms with Gasteiger partial charge in [0, 0.05) is 75.0 Å². The lowest BCUT2D eigenvalue weighted by atomic mass is 10.4. The monoisotopic (exact) mass is 1370 g/mol. The Balaban J connectivity index is -0.000000116. The number of rotatable bonds is 0. The Morgan fingerprint density at radius 3 is 1.27 bits per heavy atom. The van der Waals surface area contributed by atoms with E-state index in [0.29, 0.717) is 11.7 Å². The number of oxazole rings is 1. The standard InChI is InChI=1S/2C5H7N.C5H6O.C5H6S.C4H6N2O.2C4H6N2S.2C4H6N2.C4H5NO.C4H5NS.C3H5N3.9C2H6/c1-5-2-3-6-4-5;1-6-4-2-3-5-6;2*1-5-2-3-6-4-5;1-3-5-4(2)7-6-3;1-3-5-6-4(2)7-3;1-3-5-4(2)7-6-3;1-4-2-5-6-3-4;1-4-2-3-5-6-4;2*1-4-2-6-3-5-4;1-6-3-4-2-5-6;9*1-2/h2-4,6H,1H3;2-5H,1H3;2*2-4H,1H3;3*1-2H3;2*2-3H,1H3,(H,5,6);3*2-3H,1H3;9*1-2H3. The van der Waals surface area contributed by atoms with Gasteiger partial charge in [-0.25, -0.2) is 15.0 Å². The van der Waals surface area contributed by atoms with Gasteiger partial charge >= 0.3 is 0 Å². The van der Waals surface area contributed by atoms with Gasteiger partial charge in [-0.15, -0.1) is 32.9 Å². The predicted octanol–water partition coefficient (Wildman–Crippen LogP) is 21.9. The van der Waals surface area contributed by atoms with Gasteiger partial charge in [-0.2, -0.15) is 36.0 Å². The van der Waals surface area contributed by atoms with Crippen molar-refractivity contribution in [1.82, 2.24) is 84.4 Å². The first-order valence-electron chi connectivity index (χ1n) is 31.8. The number of H-pyrrole nitrogens is 3. The molecule has 12 aromatic heterocycles. The number of aromatic nitrogens is 17. The topological polar surface area (TPSA) is 251 Å². The van der Waals surface area contributed by atoms with Gasteiger partial charge in [-0.3, -0.25) is 19.9 Å². The van der Waals surface area contributed by atoms with E-state index in [0.717, 1.165) is 37.9 Å². The Morgan fingerprint density at radius 1 is 0.538 bits per heavy atom. The quantitative estimate of drug-likeness (QED) is 0.128. The van der Waals surface area contributed by atoms with Crippen LogP contribution in [0.4, 0.5) is 0 Å². The number of nitrogens with one attached hydrogen (secondary N) is 3. The molecule has 0 aliphatic rings. The highest BCUT2D eigenvalue weighted by Crippen LogP contribution is 2.04. The van der Waals surface area contributed by atoms with Gasteiger partial charge in [0.05, 0.1) is 29.9 Å². The van der Waals surface area contributed by atoms with Crippen LogP contribution in [0.1, 0.15) is 197 Å². The van der Waals surface area contributed by atoms with Gasteiger partial charge in [-0.1, -0.05) is 130 Å². The zero-order valence-electron chi connectivity index (χ0n) is 63.4. The molecule has 0 aliphatic heterocycles. The molecule has 0 bridgehead atoms. The van der Waals surface area contributed by atoms with Crippen LogP contribution in [-0.2, 0) is 14.1 Å². The van der Waals surface area contributed by atoms with Crippen molar-refractivity contribution in [1.29, 1.82) is 0 Å². The summed E-state index contributed by atoms with van der Waals surface area (Å²) in [6, 6.07) is 12.0. The average molecular weight is 1370 g/mol. The van der Waals surface area contributed by atoms with E-state index in [1.165, 1.54) is 46.5 Å². The molecule has 0 unspecified atom stereocenters. The fraction of sp³-hybridized carbons (Fsp3) is 0.478. The molecule has 0 fully saturated rings. The number of furan rings is 1. The number of hydrogen-bond donors (Lipinski definition) is 3. The highest BCUT2D eigenvalue weighted by molar-refractivity contribution is 7.11. The SMILES string of the molecule is CC.CC.CC.CC.CC.CC.CC.CC.CC.Cc1cc[nH]c1.Cc1ccn[nH]1.Cc1ccoc1.Cc1ccsc1.Cc1cn[nH]c1.Cc1cocn1.Cc1cscn1.Cc1nnc(C)s1.Cc1noc(C)n1.Cc1nsc(C)n1.Cn1cccc1.Cn1cncn1. The molecular formula is C69H125N17O3S4. The van der Waals surface area contributed by atoms with E-state index in [-0.39, 0.29) is 0 Å². The zero-order valence-corrected chi connectivity index (χ0v) is 66.7. The minimum atomic E-state index is 0.623. The van der Waals surface area contributed by atoms with E-state index >= 15 is 0 Å². The highest BCUT2D eigenvalue weighted by Gasteiger charge is 1.91. The van der Waals surface area contributed by atoms with Crippen LogP contribution in [0.3, 0.4) is 0 Å². The van der Waals surface area contributed by atoms with Crippen molar-refractivity contribution in [2.45, 2.75) is 215 Å². The molecule has 0 spiro atoms. The average Bonchev–Trinajstić information content (AvgIpc) is 4.29. The molecule has 12 aromatic rings. The van der Waals surface area contributed by atoms with E-state index in [4.69, 9.17) is 4.42 Å². The molecule has 0 saturated heterocycles. The number of aryl methyl sites for hydroxylation is 15. The molecule has 24 heteroatoms. The summed E-state index contributed by atoms with van der Waals surface area (Å²) in [7, 11) is 3.83. The molecule has 0 saturated carbocycles. The summed E-state index contributed by atoms with van der Waals surface area (Å²) in [5, 5.41) is 37.0. The minimum absolute atomic E-state index is 0.623. The van der Waals surface area contributed by atoms with Crippen molar-refractivity contribution in [2.24, 2.45) is 14.1 Å². The smallest absolute Gasteiger partial charge is 0.223 e. The fourth-order valence-electron chi connectivity index (χ4n) is 4.14. The number of thiazole rings is 1. The second-order valence-electron chi connectivity index (χ2n) is 15.2. The third-order valence-corrected chi connectivity index (χ3v) is 10.6. The van der Waals surface area contributed by atoms with Crippen LogP contribution in [-0.4, -0.2) is 84.4 Å². The Bertz CT molecular complexity index is 2330. The maximum absolute atomic E-state index is 4.71. The maximum atomic E-state index is 4.71. The number of hydrogen-bond acceptors (Lipinski definition) is 19. The van der Waals surface area contributed by atoms with E-state index in [9.17, 15) is 0 Å². The Kier molecular flexibility index (Phi) is 96.5. The van der Waals surface area contributed by atoms with E-state index < -0.39 is 0 Å². The van der Waals surface area contributed by atoms with Crippen LogP contribution in [0, 0.1) is 90.0 Å². The van der Waals surface area contributed by atoms with Gasteiger partial charge in [-0.05, 0) is 164 Å². The molecule has 0 amide bonds. The third-order valence-electron chi connectivity index (χ3n) is 7.64. The van der Waals surface area contributed by atoms with Gasteiger partial charge in [0.2, 0.25) is 5.89 Å². The Morgan fingerprint density at radius 2 is 1.14 bits per heavy atom. The van der Waals surface area contributed by atoms with Crippen LogP contribution in [0.5, 0.6) is 0 Å². The van der Waals surface area contributed by atoms with Crippen LogP contribution in [0.15, 0.2) is 153 Å². The molecule has 0 atom stereocenters. The molecule has 528 valence electrons. The first kappa shape index (κ1) is 104. The minimum Gasteiger partial charge on any atom is -0.472 e. The maximum Gasteiger partial charge on any atom is 0.223 e. The van der Waals surface area contributed by atoms with E-state index in [2.05, 4.69) is 115 Å². The summed E-state index contributed by atoms with van der Waals surface area (Å²) in [6.45, 7) is 61.2. The molecule has 12 heterocycles. The predicted molar refractivity (Wildman–Crippen MR) is 404 cm³/mol. The summed E-state index contributed by atoms with van der Waals surface area (Å²) >= 11 is 6.43. The molecule has 20 nitrogen and oxygen atoms in total. The number of thiophene rings is 1. The lowest BCUT2D eigenvalue weighted by Crippen LogP contribution is -1.83. The summed E-state index contributed by atoms with van der Waals surface area (Å²) in [6.07, 6.45) is 22.7. The first-order valence-corrected chi connectivity index (χ1v) is 35.2. The molecule has 0 radical (unpaired) electrons. The van der Waals surface area contributed by atoms with E-state index in [1.807, 2.05) is 278 Å². The van der Waals surface area contributed by atoms with Crippen molar-refractivity contribution < 1.29 is 13.4 Å². The zero-order chi connectivity index (χ0) is 73.5. The van der Waals surface area contributed by atoms with Crippen molar-refractivity contribution >= 4 is 45.5 Å². The van der Waals surface area contributed by atoms with Crippen molar-refractivity contribution in [3.63, 3.8) is 0 Å². The number of aromatic amines is 3.